The van der Waals surface area contributed by atoms with E-state index in [1.165, 1.54) is 32.4 Å². The van der Waals surface area contributed by atoms with E-state index in [0.29, 0.717) is 12.6 Å². The van der Waals surface area contributed by atoms with E-state index in [1.54, 1.807) is 0 Å². The lowest BCUT2D eigenvalue weighted by atomic mass is 10.1. The topological polar surface area (TPSA) is 41.6 Å². The van der Waals surface area contributed by atoms with Gasteiger partial charge in [0.2, 0.25) is 0 Å². The minimum Gasteiger partial charge on any atom is -0.465 e. The molecule has 1 saturated heterocycles. The molecule has 100 valence electrons. The molecule has 17 heavy (non-hydrogen) atoms. The fourth-order valence-electron chi connectivity index (χ4n) is 2.34. The average Bonchev–Trinajstić information content (AvgIpc) is 2.30. The Bertz CT molecular complexity index is 227. The molecule has 0 spiro atoms. The third-order valence-electron chi connectivity index (χ3n) is 3.16. The van der Waals surface area contributed by atoms with Crippen molar-refractivity contribution < 1.29 is 9.53 Å². The fourth-order valence-corrected chi connectivity index (χ4v) is 2.34. The molecule has 0 aromatic carbocycles. The van der Waals surface area contributed by atoms with Gasteiger partial charge in [0.15, 0.2) is 0 Å². The molecule has 1 aliphatic rings. The lowest BCUT2D eigenvalue weighted by molar-refractivity contribution is -0.145. The molecule has 2 unspecified atom stereocenters. The summed E-state index contributed by atoms with van der Waals surface area (Å²) in [7, 11) is 0. The van der Waals surface area contributed by atoms with Gasteiger partial charge in [-0.3, -0.25) is 4.79 Å². The van der Waals surface area contributed by atoms with E-state index >= 15 is 0 Å². The van der Waals surface area contributed by atoms with E-state index in [2.05, 4.69) is 17.1 Å². The zero-order valence-electron chi connectivity index (χ0n) is 11.4. The Labute approximate surface area is 105 Å². The summed E-state index contributed by atoms with van der Waals surface area (Å²) in [6.07, 6.45) is 3.97. The number of ether oxygens (including phenoxy) is 1. The molecule has 0 aromatic heterocycles. The molecule has 4 heteroatoms. The first-order chi connectivity index (χ1) is 8.13. The Morgan fingerprint density at radius 1 is 1.29 bits per heavy atom. The molecule has 0 saturated carbocycles. The smallest absolute Gasteiger partial charge is 0.322 e. The summed E-state index contributed by atoms with van der Waals surface area (Å²) >= 11 is 0. The van der Waals surface area contributed by atoms with Crippen LogP contribution in [0.1, 0.15) is 40.0 Å². The van der Waals surface area contributed by atoms with Crippen molar-refractivity contribution in [2.24, 2.45) is 0 Å². The highest BCUT2D eigenvalue weighted by Gasteiger charge is 2.18. The minimum atomic E-state index is -0.213. The maximum atomic E-state index is 11.5. The summed E-state index contributed by atoms with van der Waals surface area (Å²) in [5.74, 6) is -0.155. The van der Waals surface area contributed by atoms with Crippen LogP contribution in [0, 0.1) is 0 Å². The first-order valence-electron chi connectivity index (χ1n) is 6.78. The summed E-state index contributed by atoms with van der Waals surface area (Å²) in [5, 5.41) is 3.30. The van der Waals surface area contributed by atoms with Gasteiger partial charge in [-0.05, 0) is 46.7 Å². The van der Waals surface area contributed by atoms with Crippen LogP contribution in [-0.4, -0.2) is 49.2 Å². The fraction of sp³-hybridized carbons (Fsp3) is 0.923. The molecule has 1 aliphatic heterocycles. The van der Waals surface area contributed by atoms with Gasteiger partial charge in [0.1, 0.15) is 6.04 Å². The summed E-state index contributed by atoms with van der Waals surface area (Å²) in [4.78, 5) is 13.9. The first kappa shape index (κ1) is 14.5. The van der Waals surface area contributed by atoms with Crippen LogP contribution in [0.2, 0.25) is 0 Å². The number of likely N-dealkylation sites (tertiary alicyclic amines) is 1. The second-order valence-electron chi connectivity index (χ2n) is 4.90. The quantitative estimate of drug-likeness (QED) is 0.715. The van der Waals surface area contributed by atoms with Gasteiger partial charge >= 0.3 is 5.97 Å². The molecule has 1 heterocycles. The highest BCUT2D eigenvalue weighted by Crippen LogP contribution is 2.08. The van der Waals surface area contributed by atoms with Gasteiger partial charge in [-0.2, -0.15) is 0 Å². The first-order valence-corrected chi connectivity index (χ1v) is 6.78. The lowest BCUT2D eigenvalue weighted by Gasteiger charge is -2.30. The van der Waals surface area contributed by atoms with Crippen molar-refractivity contribution in [3.63, 3.8) is 0 Å². The van der Waals surface area contributed by atoms with Crippen LogP contribution in [0.4, 0.5) is 0 Å². The maximum Gasteiger partial charge on any atom is 0.322 e. The van der Waals surface area contributed by atoms with Gasteiger partial charge in [0.25, 0.3) is 0 Å². The summed E-state index contributed by atoms with van der Waals surface area (Å²) in [6, 6.07) is 0.113. The van der Waals surface area contributed by atoms with Crippen LogP contribution in [0.3, 0.4) is 0 Å². The molecule has 1 N–H and O–H groups in total. The van der Waals surface area contributed by atoms with E-state index in [-0.39, 0.29) is 12.0 Å². The monoisotopic (exact) mass is 242 g/mol. The molecule has 0 radical (unpaired) electrons. The third kappa shape index (κ3) is 5.50. The van der Waals surface area contributed by atoms with E-state index in [9.17, 15) is 4.79 Å². The van der Waals surface area contributed by atoms with Crippen molar-refractivity contribution in [2.75, 3.05) is 26.2 Å². The van der Waals surface area contributed by atoms with Crippen molar-refractivity contribution in [1.29, 1.82) is 0 Å². The SMILES string of the molecule is CCOC(=O)C(C)NC(C)CN1CCCCC1. The molecule has 0 aliphatic carbocycles. The molecular weight excluding hydrogens is 216 g/mol. The van der Waals surface area contributed by atoms with Gasteiger partial charge in [0.05, 0.1) is 6.61 Å². The number of nitrogens with one attached hydrogen (secondary N) is 1. The van der Waals surface area contributed by atoms with Gasteiger partial charge < -0.3 is 15.0 Å². The second-order valence-corrected chi connectivity index (χ2v) is 4.90. The molecule has 0 bridgehead atoms. The Morgan fingerprint density at radius 2 is 1.94 bits per heavy atom. The molecular formula is C13H26N2O2. The number of esters is 1. The highest BCUT2D eigenvalue weighted by molar-refractivity contribution is 5.75. The van der Waals surface area contributed by atoms with E-state index in [4.69, 9.17) is 4.74 Å². The van der Waals surface area contributed by atoms with Crippen LogP contribution in [0.25, 0.3) is 0 Å². The Balaban J connectivity index is 2.22. The highest BCUT2D eigenvalue weighted by atomic mass is 16.5. The Kier molecular flexibility index (Phi) is 6.52. The van der Waals surface area contributed by atoms with Gasteiger partial charge in [-0.15, -0.1) is 0 Å². The summed E-state index contributed by atoms with van der Waals surface area (Å²) in [6.45, 7) is 9.69. The van der Waals surface area contributed by atoms with Crippen molar-refractivity contribution in [1.82, 2.24) is 10.2 Å². The van der Waals surface area contributed by atoms with E-state index < -0.39 is 0 Å². The number of carbonyl (C=O) groups excluding carboxylic acids is 1. The second kappa shape index (κ2) is 7.67. The van der Waals surface area contributed by atoms with Crippen LogP contribution < -0.4 is 5.32 Å². The van der Waals surface area contributed by atoms with Gasteiger partial charge in [-0.25, -0.2) is 0 Å². The van der Waals surface area contributed by atoms with Crippen LogP contribution in [0.5, 0.6) is 0 Å². The van der Waals surface area contributed by atoms with Crippen molar-refractivity contribution in [3.8, 4) is 0 Å². The standard InChI is InChI=1S/C13H26N2O2/c1-4-17-13(16)12(3)14-11(2)10-15-8-6-5-7-9-15/h11-12,14H,4-10H2,1-3H3. The minimum absolute atomic E-state index is 0.155. The molecule has 2 atom stereocenters. The van der Waals surface area contributed by atoms with E-state index in [1.807, 2.05) is 13.8 Å². The van der Waals surface area contributed by atoms with Crippen molar-refractivity contribution >= 4 is 5.97 Å². The predicted molar refractivity (Wildman–Crippen MR) is 69.0 cm³/mol. The van der Waals surface area contributed by atoms with Crippen LogP contribution in [0.15, 0.2) is 0 Å². The number of hydrogen-bond donors (Lipinski definition) is 1. The largest absolute Gasteiger partial charge is 0.465 e. The predicted octanol–water partition coefficient (Wildman–Crippen LogP) is 1.40. The van der Waals surface area contributed by atoms with Crippen molar-refractivity contribution in [3.05, 3.63) is 0 Å². The number of piperidine rings is 1. The average molecular weight is 242 g/mol. The number of hydrogen-bond acceptors (Lipinski definition) is 4. The molecule has 1 rings (SSSR count). The molecule has 0 amide bonds. The number of nitrogens with zero attached hydrogens (tertiary/aromatic N) is 1. The zero-order chi connectivity index (χ0) is 12.7. The zero-order valence-corrected chi connectivity index (χ0v) is 11.4. The third-order valence-corrected chi connectivity index (χ3v) is 3.16. The van der Waals surface area contributed by atoms with Crippen molar-refractivity contribution in [2.45, 2.75) is 52.1 Å². The van der Waals surface area contributed by atoms with Gasteiger partial charge in [-0.1, -0.05) is 6.42 Å². The van der Waals surface area contributed by atoms with Crippen LogP contribution in [-0.2, 0) is 9.53 Å². The number of carbonyl (C=O) groups is 1. The Morgan fingerprint density at radius 3 is 2.53 bits per heavy atom. The maximum absolute atomic E-state index is 11.5. The lowest BCUT2D eigenvalue weighted by Crippen LogP contribution is -2.47. The molecule has 1 fully saturated rings. The van der Waals surface area contributed by atoms with Gasteiger partial charge in [0, 0.05) is 12.6 Å². The summed E-state index contributed by atoms with van der Waals surface area (Å²) < 4.78 is 4.98. The molecule has 0 aromatic rings. The van der Waals surface area contributed by atoms with Crippen LogP contribution >= 0.6 is 0 Å². The summed E-state index contributed by atoms with van der Waals surface area (Å²) in [5.41, 5.74) is 0. The normalized spacial score (nSPS) is 20.9. The Hall–Kier alpha value is -0.610. The van der Waals surface area contributed by atoms with E-state index in [0.717, 1.165) is 6.54 Å². The molecule has 4 nitrogen and oxygen atoms in total. The number of rotatable bonds is 6.